The molecule has 144 valence electrons. The number of hydrogen-bond donors (Lipinski definition) is 1. The van der Waals surface area contributed by atoms with E-state index in [1.165, 1.54) is 0 Å². The molecular formula is C22H27ClN2O2. The molecule has 5 heteroatoms. The van der Waals surface area contributed by atoms with Crippen LogP contribution in [0.15, 0.2) is 54.6 Å². The van der Waals surface area contributed by atoms with Crippen molar-refractivity contribution < 1.29 is 9.59 Å². The summed E-state index contributed by atoms with van der Waals surface area (Å²) in [4.78, 5) is 27.0. The molecule has 0 saturated heterocycles. The lowest BCUT2D eigenvalue weighted by Crippen LogP contribution is -2.49. The summed E-state index contributed by atoms with van der Waals surface area (Å²) in [5, 5.41) is 3.34. The molecule has 0 bridgehead atoms. The van der Waals surface area contributed by atoms with E-state index in [4.69, 9.17) is 11.6 Å². The molecule has 4 nitrogen and oxygen atoms in total. The lowest BCUT2D eigenvalue weighted by Gasteiger charge is -2.30. The van der Waals surface area contributed by atoms with Crippen LogP contribution in [0.25, 0.3) is 0 Å². The average Bonchev–Trinajstić information content (AvgIpc) is 2.70. The van der Waals surface area contributed by atoms with Gasteiger partial charge in [-0.15, -0.1) is 0 Å². The average molecular weight is 387 g/mol. The van der Waals surface area contributed by atoms with Crippen molar-refractivity contribution in [1.29, 1.82) is 0 Å². The van der Waals surface area contributed by atoms with E-state index in [1.807, 2.05) is 61.5 Å². The number of likely N-dealkylation sites (N-methyl/N-ethyl adjacent to an activating group) is 1. The second kappa shape index (κ2) is 10.7. The maximum absolute atomic E-state index is 13.0. The van der Waals surface area contributed by atoms with Gasteiger partial charge in [-0.2, -0.15) is 0 Å². The van der Waals surface area contributed by atoms with Gasteiger partial charge in [0.25, 0.3) is 0 Å². The maximum Gasteiger partial charge on any atom is 0.242 e. The van der Waals surface area contributed by atoms with Gasteiger partial charge in [-0.25, -0.2) is 0 Å². The van der Waals surface area contributed by atoms with Crippen molar-refractivity contribution in [3.8, 4) is 0 Å². The largest absolute Gasteiger partial charge is 0.357 e. The van der Waals surface area contributed by atoms with Crippen LogP contribution < -0.4 is 5.32 Å². The maximum atomic E-state index is 13.0. The quantitative estimate of drug-likeness (QED) is 0.711. The SMILES string of the molecule is CCC(C(=O)NC)N(CCc1ccccc1)C(=O)CCc1ccccc1Cl. The van der Waals surface area contributed by atoms with Crippen molar-refractivity contribution in [1.82, 2.24) is 10.2 Å². The minimum absolute atomic E-state index is 0.0266. The molecule has 1 atom stereocenters. The normalized spacial score (nSPS) is 11.7. The Morgan fingerprint density at radius 3 is 2.33 bits per heavy atom. The first kappa shape index (κ1) is 21.0. The van der Waals surface area contributed by atoms with Gasteiger partial charge >= 0.3 is 0 Å². The summed E-state index contributed by atoms with van der Waals surface area (Å²) in [6, 6.07) is 17.1. The minimum atomic E-state index is -0.461. The summed E-state index contributed by atoms with van der Waals surface area (Å²) in [6.45, 7) is 2.44. The van der Waals surface area contributed by atoms with Crippen LogP contribution in [0.5, 0.6) is 0 Å². The predicted molar refractivity (Wildman–Crippen MR) is 110 cm³/mol. The van der Waals surface area contributed by atoms with Gasteiger partial charge < -0.3 is 10.2 Å². The highest BCUT2D eigenvalue weighted by Crippen LogP contribution is 2.18. The zero-order chi connectivity index (χ0) is 19.6. The zero-order valence-corrected chi connectivity index (χ0v) is 16.7. The Morgan fingerprint density at radius 2 is 1.70 bits per heavy atom. The van der Waals surface area contributed by atoms with Crippen molar-refractivity contribution >= 4 is 23.4 Å². The highest BCUT2D eigenvalue weighted by molar-refractivity contribution is 6.31. The van der Waals surface area contributed by atoms with E-state index < -0.39 is 6.04 Å². The molecule has 0 saturated carbocycles. The first-order valence-corrected chi connectivity index (χ1v) is 9.73. The number of hydrogen-bond acceptors (Lipinski definition) is 2. The molecule has 1 unspecified atom stereocenters. The second-order valence-electron chi connectivity index (χ2n) is 6.45. The fourth-order valence-corrected chi connectivity index (χ4v) is 3.38. The summed E-state index contributed by atoms with van der Waals surface area (Å²) in [6.07, 6.45) is 2.18. The van der Waals surface area contributed by atoms with E-state index in [2.05, 4.69) is 5.32 Å². The molecule has 2 aromatic rings. The van der Waals surface area contributed by atoms with Crippen molar-refractivity contribution in [3.63, 3.8) is 0 Å². The molecule has 0 heterocycles. The smallest absolute Gasteiger partial charge is 0.242 e. The molecule has 0 radical (unpaired) electrons. The van der Waals surface area contributed by atoms with Gasteiger partial charge in [0.2, 0.25) is 11.8 Å². The molecule has 0 aromatic heterocycles. The summed E-state index contributed by atoms with van der Waals surface area (Å²) in [7, 11) is 1.61. The number of rotatable bonds is 9. The van der Waals surface area contributed by atoms with E-state index >= 15 is 0 Å². The number of nitrogens with zero attached hydrogens (tertiary/aromatic N) is 1. The lowest BCUT2D eigenvalue weighted by molar-refractivity contribution is -0.140. The predicted octanol–water partition coefficient (Wildman–Crippen LogP) is 3.87. The number of halogens is 1. The molecule has 0 fully saturated rings. The third-order valence-electron chi connectivity index (χ3n) is 4.68. The Balaban J connectivity index is 2.10. The molecule has 2 amide bonds. The van der Waals surface area contributed by atoms with Gasteiger partial charge in [0.1, 0.15) is 6.04 Å². The number of nitrogens with one attached hydrogen (secondary N) is 1. The number of carbonyl (C=O) groups excluding carboxylic acids is 2. The Bertz CT molecular complexity index is 749. The summed E-state index contributed by atoms with van der Waals surface area (Å²) in [5.74, 6) is -0.155. The standard InChI is InChI=1S/C22H27ClN2O2/c1-3-20(22(27)24-2)25(16-15-17-9-5-4-6-10-17)21(26)14-13-18-11-7-8-12-19(18)23/h4-12,20H,3,13-16H2,1-2H3,(H,24,27). The van der Waals surface area contributed by atoms with Crippen LogP contribution in [0.4, 0.5) is 0 Å². The second-order valence-corrected chi connectivity index (χ2v) is 6.86. The molecule has 0 aliphatic rings. The van der Waals surface area contributed by atoms with Crippen LogP contribution in [0, 0.1) is 0 Å². The number of amides is 2. The monoisotopic (exact) mass is 386 g/mol. The zero-order valence-electron chi connectivity index (χ0n) is 16.0. The third-order valence-corrected chi connectivity index (χ3v) is 5.05. The van der Waals surface area contributed by atoms with Crippen LogP contribution in [-0.4, -0.2) is 36.3 Å². The van der Waals surface area contributed by atoms with Gasteiger partial charge in [0.05, 0.1) is 0 Å². The van der Waals surface area contributed by atoms with Gasteiger partial charge in [0, 0.05) is 25.0 Å². The summed E-state index contributed by atoms with van der Waals surface area (Å²) >= 11 is 6.20. The molecule has 0 spiro atoms. The Kier molecular flexibility index (Phi) is 8.34. The Hall–Kier alpha value is -2.33. The highest BCUT2D eigenvalue weighted by atomic mass is 35.5. The third kappa shape index (κ3) is 6.10. The Morgan fingerprint density at radius 1 is 1.04 bits per heavy atom. The number of benzene rings is 2. The van der Waals surface area contributed by atoms with Gasteiger partial charge in [0.15, 0.2) is 0 Å². The number of aryl methyl sites for hydroxylation is 1. The minimum Gasteiger partial charge on any atom is -0.357 e. The highest BCUT2D eigenvalue weighted by Gasteiger charge is 2.27. The van der Waals surface area contributed by atoms with Crippen LogP contribution in [0.2, 0.25) is 5.02 Å². The van der Waals surface area contributed by atoms with E-state index in [0.717, 1.165) is 11.1 Å². The molecule has 0 aliphatic heterocycles. The van der Waals surface area contributed by atoms with E-state index in [9.17, 15) is 9.59 Å². The van der Waals surface area contributed by atoms with Crippen molar-refractivity contribution in [2.24, 2.45) is 0 Å². The van der Waals surface area contributed by atoms with Crippen molar-refractivity contribution in [3.05, 3.63) is 70.7 Å². The number of carbonyl (C=O) groups is 2. The molecular weight excluding hydrogens is 360 g/mol. The van der Waals surface area contributed by atoms with Crippen molar-refractivity contribution in [2.45, 2.75) is 38.6 Å². The molecule has 0 aliphatic carbocycles. The van der Waals surface area contributed by atoms with Gasteiger partial charge in [-0.1, -0.05) is 67.1 Å². The molecule has 1 N–H and O–H groups in total. The van der Waals surface area contributed by atoms with Gasteiger partial charge in [-0.3, -0.25) is 9.59 Å². The lowest BCUT2D eigenvalue weighted by atomic mass is 10.1. The van der Waals surface area contributed by atoms with Crippen LogP contribution >= 0.6 is 11.6 Å². The van der Waals surface area contributed by atoms with E-state index in [-0.39, 0.29) is 11.8 Å². The van der Waals surface area contributed by atoms with E-state index in [1.54, 1.807) is 11.9 Å². The summed E-state index contributed by atoms with van der Waals surface area (Å²) < 4.78 is 0. The topological polar surface area (TPSA) is 49.4 Å². The first-order valence-electron chi connectivity index (χ1n) is 9.35. The van der Waals surface area contributed by atoms with Crippen LogP contribution in [0.3, 0.4) is 0 Å². The van der Waals surface area contributed by atoms with Crippen LogP contribution in [-0.2, 0) is 22.4 Å². The summed E-state index contributed by atoms with van der Waals surface area (Å²) in [5.41, 5.74) is 2.09. The Labute approximate surface area is 166 Å². The fraction of sp³-hybridized carbons (Fsp3) is 0.364. The fourth-order valence-electron chi connectivity index (χ4n) is 3.15. The first-order chi connectivity index (χ1) is 13.1. The molecule has 27 heavy (non-hydrogen) atoms. The van der Waals surface area contributed by atoms with Crippen LogP contribution in [0.1, 0.15) is 30.9 Å². The molecule has 2 aromatic carbocycles. The van der Waals surface area contributed by atoms with Gasteiger partial charge in [-0.05, 0) is 36.5 Å². The van der Waals surface area contributed by atoms with E-state index in [0.29, 0.717) is 37.3 Å². The molecule has 2 rings (SSSR count). The van der Waals surface area contributed by atoms with Crippen molar-refractivity contribution in [2.75, 3.05) is 13.6 Å².